The van der Waals surface area contributed by atoms with Crippen LogP contribution in [0.3, 0.4) is 0 Å². The molecule has 1 aliphatic carbocycles. The molecule has 6 nitrogen and oxygen atoms in total. The zero-order valence-electron chi connectivity index (χ0n) is 7.43. The Morgan fingerprint density at radius 3 is 2.57 bits per heavy atom. The van der Waals surface area contributed by atoms with E-state index in [0.29, 0.717) is 5.57 Å². The highest BCUT2D eigenvalue weighted by molar-refractivity contribution is 5.81. The summed E-state index contributed by atoms with van der Waals surface area (Å²) < 4.78 is 0. The molecule has 0 heterocycles. The molecule has 0 spiro atoms. The van der Waals surface area contributed by atoms with Crippen LogP contribution in [0.2, 0.25) is 0 Å². The average molecular weight is 199 g/mol. The van der Waals surface area contributed by atoms with E-state index < -0.39 is 22.2 Å². The third-order valence-corrected chi connectivity index (χ3v) is 2.15. The zero-order valence-corrected chi connectivity index (χ0v) is 7.43. The van der Waals surface area contributed by atoms with Gasteiger partial charge in [-0.3, -0.25) is 10.1 Å². The lowest BCUT2D eigenvalue weighted by Gasteiger charge is -2.22. The summed E-state index contributed by atoms with van der Waals surface area (Å²) in [5.74, 6) is -2.38. The van der Waals surface area contributed by atoms with Crippen LogP contribution in [0.15, 0.2) is 23.5 Å². The highest BCUT2D eigenvalue weighted by Gasteiger charge is 2.56. The van der Waals surface area contributed by atoms with Gasteiger partial charge in [0, 0.05) is 4.92 Å². The van der Waals surface area contributed by atoms with E-state index in [2.05, 4.69) is 0 Å². The quantitative estimate of drug-likeness (QED) is 0.507. The maximum absolute atomic E-state index is 10.8. The van der Waals surface area contributed by atoms with Gasteiger partial charge in [0.15, 0.2) is 5.76 Å². The Morgan fingerprint density at radius 1 is 1.64 bits per heavy atom. The van der Waals surface area contributed by atoms with Crippen molar-refractivity contribution in [2.75, 3.05) is 0 Å². The molecule has 0 saturated heterocycles. The van der Waals surface area contributed by atoms with E-state index in [1.54, 1.807) is 6.92 Å². The largest absolute Gasteiger partial charge is 0.505 e. The third-order valence-electron chi connectivity index (χ3n) is 2.15. The van der Waals surface area contributed by atoms with Crippen LogP contribution in [0.4, 0.5) is 0 Å². The second-order valence-corrected chi connectivity index (χ2v) is 3.16. The molecule has 1 atom stereocenters. The number of allylic oxidation sites excluding steroid dienone is 2. The number of carboxylic acid groups (broad SMARTS) is 1. The number of nitrogens with zero attached hydrogens (tertiary/aromatic N) is 1. The highest BCUT2D eigenvalue weighted by Crippen LogP contribution is 2.31. The number of hydrogen-bond donors (Lipinski definition) is 2. The number of aliphatic hydroxyl groups is 1. The van der Waals surface area contributed by atoms with Crippen molar-refractivity contribution in [3.63, 3.8) is 0 Å². The lowest BCUT2D eigenvalue weighted by Crippen LogP contribution is -2.49. The fraction of sp³-hybridized carbons (Fsp3) is 0.375. The van der Waals surface area contributed by atoms with Crippen LogP contribution in [-0.4, -0.2) is 26.6 Å². The SMILES string of the molecule is CC1=CC=C(O)C(C(=O)O)([N+](=O)[O-])C1. The standard InChI is InChI=1S/C8H9NO5/c1-5-2-3-6(10)8(4-5,7(11)12)9(13)14/h2-3,10H,4H2,1H3,(H,11,12). The first-order valence-corrected chi connectivity index (χ1v) is 3.86. The first-order chi connectivity index (χ1) is 6.41. The minimum atomic E-state index is -2.40. The Balaban J connectivity index is 3.27. The molecule has 0 aromatic heterocycles. The lowest BCUT2D eigenvalue weighted by atomic mass is 9.86. The molecule has 2 N–H and O–H groups in total. The third kappa shape index (κ3) is 1.24. The van der Waals surface area contributed by atoms with Crippen LogP contribution >= 0.6 is 0 Å². The summed E-state index contributed by atoms with van der Waals surface area (Å²) in [5.41, 5.74) is -1.86. The van der Waals surface area contributed by atoms with Crippen LogP contribution in [0.5, 0.6) is 0 Å². The number of aliphatic carboxylic acids is 1. The predicted molar refractivity (Wildman–Crippen MR) is 46.4 cm³/mol. The van der Waals surface area contributed by atoms with Crippen molar-refractivity contribution in [1.82, 2.24) is 0 Å². The first kappa shape index (κ1) is 10.2. The zero-order chi connectivity index (χ0) is 10.9. The molecule has 1 rings (SSSR count). The Labute approximate surface area is 79.3 Å². The molecule has 1 unspecified atom stereocenters. The number of nitro groups is 1. The van der Waals surface area contributed by atoms with E-state index in [-0.39, 0.29) is 6.42 Å². The maximum atomic E-state index is 10.8. The highest BCUT2D eigenvalue weighted by atomic mass is 16.6. The Hall–Kier alpha value is -1.85. The number of carbonyl (C=O) groups is 1. The number of rotatable bonds is 2. The van der Waals surface area contributed by atoms with Crippen LogP contribution < -0.4 is 0 Å². The van der Waals surface area contributed by atoms with Crippen molar-refractivity contribution in [2.24, 2.45) is 0 Å². The molecule has 0 amide bonds. The summed E-state index contributed by atoms with van der Waals surface area (Å²) in [6.07, 6.45) is 2.20. The fourth-order valence-corrected chi connectivity index (χ4v) is 1.33. The molecule has 0 fully saturated rings. The normalized spacial score (nSPS) is 26.4. The lowest BCUT2D eigenvalue weighted by molar-refractivity contribution is -0.548. The molecule has 76 valence electrons. The van der Waals surface area contributed by atoms with Gasteiger partial charge < -0.3 is 10.2 Å². The monoisotopic (exact) mass is 199 g/mol. The predicted octanol–water partition coefficient (Wildman–Crippen LogP) is 0.878. The Bertz CT molecular complexity index is 341. The second kappa shape index (κ2) is 3.13. The van der Waals surface area contributed by atoms with Gasteiger partial charge in [-0.1, -0.05) is 11.6 Å². The molecule has 0 radical (unpaired) electrons. The van der Waals surface area contributed by atoms with E-state index in [0.717, 1.165) is 6.08 Å². The van der Waals surface area contributed by atoms with Crippen molar-refractivity contribution in [1.29, 1.82) is 0 Å². The van der Waals surface area contributed by atoms with Gasteiger partial charge in [0.25, 0.3) is 0 Å². The summed E-state index contributed by atoms with van der Waals surface area (Å²) in [5, 5.41) is 28.7. The molecule has 0 aromatic carbocycles. The van der Waals surface area contributed by atoms with Crippen LogP contribution in [-0.2, 0) is 4.79 Å². The summed E-state index contributed by atoms with van der Waals surface area (Å²) in [7, 11) is 0. The van der Waals surface area contributed by atoms with Crippen molar-refractivity contribution in [2.45, 2.75) is 18.9 Å². The van der Waals surface area contributed by atoms with Gasteiger partial charge in [0.2, 0.25) is 0 Å². The van der Waals surface area contributed by atoms with E-state index in [9.17, 15) is 20.0 Å². The minimum absolute atomic E-state index is 0.308. The second-order valence-electron chi connectivity index (χ2n) is 3.16. The van der Waals surface area contributed by atoms with Gasteiger partial charge in [0.05, 0.1) is 6.42 Å². The van der Waals surface area contributed by atoms with Gasteiger partial charge in [-0.2, -0.15) is 0 Å². The molecule has 0 bridgehead atoms. The smallest absolute Gasteiger partial charge is 0.391 e. The van der Waals surface area contributed by atoms with Gasteiger partial charge in [-0.15, -0.1) is 0 Å². The number of hydrogen-bond acceptors (Lipinski definition) is 4. The molecule has 6 heteroatoms. The summed E-state index contributed by atoms with van der Waals surface area (Å²) >= 11 is 0. The van der Waals surface area contributed by atoms with Crippen molar-refractivity contribution >= 4 is 5.97 Å². The van der Waals surface area contributed by atoms with Gasteiger partial charge in [-0.25, -0.2) is 4.79 Å². The minimum Gasteiger partial charge on any atom is -0.505 e. The van der Waals surface area contributed by atoms with Crippen molar-refractivity contribution in [3.05, 3.63) is 33.6 Å². The molecular weight excluding hydrogens is 190 g/mol. The van der Waals surface area contributed by atoms with Gasteiger partial charge in [0.1, 0.15) is 0 Å². The summed E-state index contributed by atoms with van der Waals surface area (Å²) in [4.78, 5) is 20.5. The number of aliphatic hydroxyl groups excluding tert-OH is 1. The molecule has 14 heavy (non-hydrogen) atoms. The van der Waals surface area contributed by atoms with Crippen molar-refractivity contribution in [3.8, 4) is 0 Å². The van der Waals surface area contributed by atoms with Crippen molar-refractivity contribution < 1.29 is 19.9 Å². The summed E-state index contributed by atoms with van der Waals surface area (Å²) in [6, 6.07) is 0. The number of carboxylic acids is 1. The van der Waals surface area contributed by atoms with E-state index in [1.807, 2.05) is 0 Å². The fourth-order valence-electron chi connectivity index (χ4n) is 1.33. The van der Waals surface area contributed by atoms with E-state index in [1.165, 1.54) is 6.08 Å². The Kier molecular flexibility index (Phi) is 2.29. The van der Waals surface area contributed by atoms with E-state index in [4.69, 9.17) is 5.11 Å². The first-order valence-electron chi connectivity index (χ1n) is 3.86. The molecule has 0 saturated carbocycles. The molecule has 1 aliphatic rings. The molecular formula is C8H9NO5. The molecule has 0 aliphatic heterocycles. The van der Waals surface area contributed by atoms with Gasteiger partial charge in [-0.05, 0) is 13.0 Å². The van der Waals surface area contributed by atoms with E-state index >= 15 is 0 Å². The van der Waals surface area contributed by atoms with Crippen LogP contribution in [0.1, 0.15) is 13.3 Å². The maximum Gasteiger partial charge on any atom is 0.391 e. The average Bonchev–Trinajstić information content (AvgIpc) is 2.08. The topological polar surface area (TPSA) is 101 Å². The Morgan fingerprint density at radius 2 is 2.21 bits per heavy atom. The van der Waals surface area contributed by atoms with Crippen LogP contribution in [0, 0.1) is 10.1 Å². The summed E-state index contributed by atoms with van der Waals surface area (Å²) in [6.45, 7) is 1.57. The van der Waals surface area contributed by atoms with Crippen LogP contribution in [0.25, 0.3) is 0 Å². The van der Waals surface area contributed by atoms with Gasteiger partial charge >= 0.3 is 11.5 Å². The molecule has 0 aromatic rings.